The number of nitrogens with one attached hydrogen (secondary N) is 1. The zero-order chi connectivity index (χ0) is 18.7. The van der Waals surface area contributed by atoms with Crippen LogP contribution in [0.15, 0.2) is 41.0 Å². The summed E-state index contributed by atoms with van der Waals surface area (Å²) in [5.41, 5.74) is -1.26. The van der Waals surface area contributed by atoms with E-state index in [4.69, 9.17) is 16.0 Å². The molecule has 2 aromatic rings. The number of amides is 2. The van der Waals surface area contributed by atoms with Gasteiger partial charge in [0.2, 0.25) is 0 Å². The molecule has 1 N–H and O–H groups in total. The third kappa shape index (κ3) is 4.50. The van der Waals surface area contributed by atoms with E-state index in [0.717, 1.165) is 17.9 Å². The van der Waals surface area contributed by atoms with Crippen LogP contribution in [0.2, 0.25) is 5.02 Å². The number of carbonyl (C=O) groups excluding carboxylic acids is 1. The summed E-state index contributed by atoms with van der Waals surface area (Å²) < 4.78 is 44.6. The van der Waals surface area contributed by atoms with Crippen LogP contribution in [0.4, 0.5) is 23.7 Å². The molecule has 0 radical (unpaired) electrons. The zero-order valence-electron chi connectivity index (χ0n) is 13.7. The number of benzene rings is 1. The molecule has 1 saturated heterocycles. The van der Waals surface area contributed by atoms with Crippen molar-refractivity contribution >= 4 is 23.3 Å². The number of furan rings is 1. The predicted octanol–water partition coefficient (Wildman–Crippen LogP) is 4.30. The van der Waals surface area contributed by atoms with Crippen molar-refractivity contribution in [2.45, 2.75) is 12.7 Å². The third-order valence-electron chi connectivity index (χ3n) is 4.15. The van der Waals surface area contributed by atoms with Gasteiger partial charge in [-0.1, -0.05) is 11.6 Å². The lowest BCUT2D eigenvalue weighted by Crippen LogP contribution is -2.49. The van der Waals surface area contributed by atoms with Gasteiger partial charge in [-0.15, -0.1) is 0 Å². The number of nitrogens with zero attached hydrogens (tertiary/aromatic N) is 2. The number of hydrogen-bond acceptors (Lipinski definition) is 3. The van der Waals surface area contributed by atoms with Gasteiger partial charge < -0.3 is 14.6 Å². The minimum absolute atomic E-state index is 0.0399. The van der Waals surface area contributed by atoms with Crippen molar-refractivity contribution in [1.29, 1.82) is 0 Å². The summed E-state index contributed by atoms with van der Waals surface area (Å²) in [6.07, 6.45) is -3.00. The second-order valence-corrected chi connectivity index (χ2v) is 6.40. The van der Waals surface area contributed by atoms with Gasteiger partial charge in [-0.3, -0.25) is 4.90 Å². The molecule has 1 aliphatic rings. The van der Waals surface area contributed by atoms with Crippen LogP contribution in [-0.2, 0) is 12.7 Å². The Bertz CT molecular complexity index is 757. The fourth-order valence-electron chi connectivity index (χ4n) is 2.79. The van der Waals surface area contributed by atoms with Gasteiger partial charge in [0.25, 0.3) is 0 Å². The van der Waals surface area contributed by atoms with Crippen molar-refractivity contribution < 1.29 is 22.4 Å². The maximum atomic E-state index is 13.1. The molecule has 0 saturated carbocycles. The van der Waals surface area contributed by atoms with Gasteiger partial charge in [-0.25, -0.2) is 4.79 Å². The molecule has 0 spiro atoms. The summed E-state index contributed by atoms with van der Waals surface area (Å²) in [5.74, 6) is 0.832. The highest BCUT2D eigenvalue weighted by Crippen LogP contribution is 2.36. The van der Waals surface area contributed by atoms with Crippen molar-refractivity contribution in [2.75, 3.05) is 31.5 Å². The zero-order valence-corrected chi connectivity index (χ0v) is 14.5. The number of alkyl halides is 3. The number of carbonyl (C=O) groups is 1. The lowest BCUT2D eigenvalue weighted by molar-refractivity contribution is -0.136. The highest BCUT2D eigenvalue weighted by molar-refractivity contribution is 6.30. The van der Waals surface area contributed by atoms with Gasteiger partial charge in [-0.05, 0) is 30.3 Å². The number of hydrogen-bond donors (Lipinski definition) is 1. The highest BCUT2D eigenvalue weighted by atomic mass is 35.5. The molecule has 0 aliphatic carbocycles. The van der Waals surface area contributed by atoms with E-state index in [-0.39, 0.29) is 10.7 Å². The SMILES string of the molecule is O=C(Nc1ccc(Cl)cc1C(F)(F)F)N1CCN(Cc2ccco2)CC1. The first kappa shape index (κ1) is 18.6. The number of urea groups is 1. The molecule has 3 rings (SSSR count). The minimum atomic E-state index is -4.60. The smallest absolute Gasteiger partial charge is 0.418 e. The van der Waals surface area contributed by atoms with Crippen molar-refractivity contribution in [2.24, 2.45) is 0 Å². The molecule has 0 atom stereocenters. The lowest BCUT2D eigenvalue weighted by atomic mass is 10.1. The van der Waals surface area contributed by atoms with Crippen molar-refractivity contribution in [3.63, 3.8) is 0 Å². The van der Waals surface area contributed by atoms with E-state index in [1.807, 2.05) is 12.1 Å². The molecule has 2 amide bonds. The first-order chi connectivity index (χ1) is 12.3. The maximum Gasteiger partial charge on any atom is 0.418 e. The van der Waals surface area contributed by atoms with Gasteiger partial charge in [0.1, 0.15) is 5.76 Å². The van der Waals surface area contributed by atoms with Crippen LogP contribution in [0.3, 0.4) is 0 Å². The molecule has 1 aromatic carbocycles. The topological polar surface area (TPSA) is 48.7 Å². The van der Waals surface area contributed by atoms with Gasteiger partial charge in [-0.2, -0.15) is 13.2 Å². The van der Waals surface area contributed by atoms with E-state index in [1.165, 1.54) is 11.0 Å². The second kappa shape index (κ2) is 7.59. The molecule has 0 unspecified atom stereocenters. The van der Waals surface area contributed by atoms with E-state index in [0.29, 0.717) is 32.7 Å². The van der Waals surface area contributed by atoms with Crippen LogP contribution in [0.5, 0.6) is 0 Å². The molecule has 2 heterocycles. The van der Waals surface area contributed by atoms with Crippen LogP contribution in [-0.4, -0.2) is 42.0 Å². The summed E-state index contributed by atoms with van der Waals surface area (Å²) in [6, 6.07) is 6.40. The molecule has 1 aromatic heterocycles. The van der Waals surface area contributed by atoms with Gasteiger partial charge >= 0.3 is 12.2 Å². The Kier molecular flexibility index (Phi) is 5.43. The van der Waals surface area contributed by atoms with Crippen molar-refractivity contribution in [1.82, 2.24) is 9.80 Å². The Morgan fingerprint density at radius 3 is 2.54 bits per heavy atom. The van der Waals surface area contributed by atoms with E-state index < -0.39 is 17.8 Å². The number of halogens is 4. The predicted molar refractivity (Wildman–Crippen MR) is 91.0 cm³/mol. The summed E-state index contributed by atoms with van der Waals surface area (Å²) >= 11 is 5.65. The largest absolute Gasteiger partial charge is 0.468 e. The minimum Gasteiger partial charge on any atom is -0.468 e. The average Bonchev–Trinajstić information content (AvgIpc) is 3.09. The summed E-state index contributed by atoms with van der Waals surface area (Å²) in [5, 5.41) is 2.31. The summed E-state index contributed by atoms with van der Waals surface area (Å²) in [7, 11) is 0. The second-order valence-electron chi connectivity index (χ2n) is 5.96. The Balaban J connectivity index is 1.60. The maximum absolute atomic E-state index is 13.1. The van der Waals surface area contributed by atoms with E-state index in [9.17, 15) is 18.0 Å². The van der Waals surface area contributed by atoms with Crippen LogP contribution in [0, 0.1) is 0 Å². The van der Waals surface area contributed by atoms with Gasteiger partial charge in [0.05, 0.1) is 24.1 Å². The monoisotopic (exact) mass is 387 g/mol. The fraction of sp³-hybridized carbons (Fsp3) is 0.353. The number of piperazine rings is 1. The molecule has 9 heteroatoms. The summed E-state index contributed by atoms with van der Waals surface area (Å²) in [4.78, 5) is 15.9. The molecule has 1 fully saturated rings. The van der Waals surface area contributed by atoms with Crippen molar-refractivity contribution in [3.05, 3.63) is 52.9 Å². The average molecular weight is 388 g/mol. The molecular weight excluding hydrogens is 371 g/mol. The normalized spacial score (nSPS) is 15.9. The Morgan fingerprint density at radius 1 is 1.19 bits per heavy atom. The highest BCUT2D eigenvalue weighted by Gasteiger charge is 2.34. The Labute approximate surface area is 153 Å². The van der Waals surface area contributed by atoms with Gasteiger partial charge in [0, 0.05) is 31.2 Å². The fourth-order valence-corrected chi connectivity index (χ4v) is 2.96. The lowest BCUT2D eigenvalue weighted by Gasteiger charge is -2.34. The van der Waals surface area contributed by atoms with Crippen LogP contribution < -0.4 is 5.32 Å². The number of rotatable bonds is 3. The first-order valence-corrected chi connectivity index (χ1v) is 8.38. The Hall–Kier alpha value is -2.19. The molecule has 1 aliphatic heterocycles. The van der Waals surface area contributed by atoms with Crippen LogP contribution >= 0.6 is 11.6 Å². The van der Waals surface area contributed by atoms with Crippen LogP contribution in [0.1, 0.15) is 11.3 Å². The third-order valence-corrected chi connectivity index (χ3v) is 4.38. The van der Waals surface area contributed by atoms with E-state index in [2.05, 4.69) is 10.2 Å². The molecule has 5 nitrogen and oxygen atoms in total. The summed E-state index contributed by atoms with van der Waals surface area (Å²) in [6.45, 7) is 2.70. The molecular formula is C17H17ClF3N3O2. The van der Waals surface area contributed by atoms with Crippen LogP contribution in [0.25, 0.3) is 0 Å². The molecule has 26 heavy (non-hydrogen) atoms. The Morgan fingerprint density at radius 2 is 1.92 bits per heavy atom. The number of anilines is 1. The van der Waals surface area contributed by atoms with Crippen molar-refractivity contribution in [3.8, 4) is 0 Å². The quantitative estimate of drug-likeness (QED) is 0.854. The first-order valence-electron chi connectivity index (χ1n) is 8.00. The van der Waals surface area contributed by atoms with E-state index in [1.54, 1.807) is 6.26 Å². The molecule has 0 bridgehead atoms. The standard InChI is InChI=1S/C17H17ClF3N3O2/c18-12-3-4-15(14(10-12)17(19,20)21)22-16(25)24-7-5-23(6-8-24)11-13-2-1-9-26-13/h1-4,9-10H,5-8,11H2,(H,22,25). The van der Waals surface area contributed by atoms with Gasteiger partial charge in [0.15, 0.2) is 0 Å². The van der Waals surface area contributed by atoms with E-state index >= 15 is 0 Å². The molecule has 140 valence electrons.